The number of aliphatic hydroxyl groups excluding tert-OH is 1. The molecule has 0 radical (unpaired) electrons. The van der Waals surface area contributed by atoms with Crippen molar-refractivity contribution in [2.24, 2.45) is 11.1 Å². The summed E-state index contributed by atoms with van der Waals surface area (Å²) in [5.41, 5.74) is 5.57. The van der Waals surface area contributed by atoms with E-state index < -0.39 is 29.6 Å². The largest absolute Gasteiger partial charge is 0.461 e. The zero-order valence-corrected chi connectivity index (χ0v) is 18.6. The van der Waals surface area contributed by atoms with Crippen molar-refractivity contribution < 1.29 is 38.0 Å². The molecule has 0 saturated carbocycles. The Morgan fingerprint density at radius 3 is 2.60 bits per heavy atom. The fraction of sp³-hybridized carbons (Fsp3) is 0.318. The predicted molar refractivity (Wildman–Crippen MR) is 116 cm³/mol. The third-order valence-electron chi connectivity index (χ3n) is 5.07. The Hall–Kier alpha value is -3.94. The second kappa shape index (κ2) is 10.1. The highest BCUT2D eigenvalue weighted by Crippen LogP contribution is 2.36. The standard InChI is InChI=1S/C22H22FN5O7/c1-22(19(30)35-20(24)31)10-33-18(34-11-22)17-27-15(12-2-4-13(23)5-3-12)16(28-17)14-6-7-25-21(26-14)32-9-8-29/h2-7,18,29H,8-11H2,1H3,(H2,24,31)(H,27,28). The van der Waals surface area contributed by atoms with Gasteiger partial charge in [0.2, 0.25) is 6.29 Å². The maximum absolute atomic E-state index is 13.5. The van der Waals surface area contributed by atoms with Crippen molar-refractivity contribution in [1.29, 1.82) is 0 Å². The van der Waals surface area contributed by atoms with Gasteiger partial charge in [0.05, 0.1) is 36.9 Å². The van der Waals surface area contributed by atoms with Crippen LogP contribution in [0.5, 0.6) is 6.01 Å². The first-order chi connectivity index (χ1) is 16.8. The van der Waals surface area contributed by atoms with Crippen LogP contribution in [-0.2, 0) is 19.0 Å². The summed E-state index contributed by atoms with van der Waals surface area (Å²) in [5.74, 6) is -1.01. The lowest BCUT2D eigenvalue weighted by molar-refractivity contribution is -0.236. The zero-order valence-electron chi connectivity index (χ0n) is 18.6. The molecule has 0 spiro atoms. The van der Waals surface area contributed by atoms with Crippen LogP contribution < -0.4 is 10.5 Å². The number of esters is 1. The van der Waals surface area contributed by atoms with E-state index in [0.717, 1.165) is 0 Å². The van der Waals surface area contributed by atoms with E-state index in [0.29, 0.717) is 22.6 Å². The van der Waals surface area contributed by atoms with Crippen molar-refractivity contribution in [2.45, 2.75) is 13.2 Å². The van der Waals surface area contributed by atoms with Crippen LogP contribution in [0, 0.1) is 11.2 Å². The molecule has 1 amide bonds. The average molecular weight is 487 g/mol. The van der Waals surface area contributed by atoms with Gasteiger partial charge >= 0.3 is 18.1 Å². The van der Waals surface area contributed by atoms with Crippen LogP contribution in [0.2, 0.25) is 0 Å². The molecule has 1 fully saturated rings. The van der Waals surface area contributed by atoms with Crippen molar-refractivity contribution >= 4 is 12.1 Å². The lowest BCUT2D eigenvalue weighted by atomic mass is 9.92. The number of rotatable bonds is 7. The molecule has 4 N–H and O–H groups in total. The molecular weight excluding hydrogens is 465 g/mol. The van der Waals surface area contributed by atoms with Crippen molar-refractivity contribution in [2.75, 3.05) is 26.4 Å². The molecule has 0 bridgehead atoms. The van der Waals surface area contributed by atoms with E-state index in [4.69, 9.17) is 25.1 Å². The molecule has 35 heavy (non-hydrogen) atoms. The summed E-state index contributed by atoms with van der Waals surface area (Å²) in [4.78, 5) is 39.1. The molecule has 2 aromatic heterocycles. The number of nitrogens with one attached hydrogen (secondary N) is 1. The Kier molecular flexibility index (Phi) is 7.00. The number of halogens is 1. The SMILES string of the molecule is CC1(C(=O)OC(N)=O)COC(c2nc(-c3ccc(F)cc3)c(-c3ccnc(OCCO)n3)[nH]2)OC1. The van der Waals surface area contributed by atoms with E-state index in [1.807, 2.05) is 0 Å². The Morgan fingerprint density at radius 2 is 1.94 bits per heavy atom. The molecule has 0 unspecified atom stereocenters. The van der Waals surface area contributed by atoms with Crippen LogP contribution in [0.25, 0.3) is 22.6 Å². The first-order valence-corrected chi connectivity index (χ1v) is 10.5. The molecule has 12 nitrogen and oxygen atoms in total. The van der Waals surface area contributed by atoms with E-state index in [9.17, 15) is 14.0 Å². The fourth-order valence-electron chi connectivity index (χ4n) is 3.29. The Bertz CT molecular complexity index is 1210. The summed E-state index contributed by atoms with van der Waals surface area (Å²) in [5, 5.41) is 8.98. The minimum atomic E-state index is -1.24. The van der Waals surface area contributed by atoms with Crippen LogP contribution in [0.4, 0.5) is 9.18 Å². The number of ether oxygens (including phenoxy) is 4. The fourth-order valence-corrected chi connectivity index (χ4v) is 3.29. The summed E-state index contributed by atoms with van der Waals surface area (Å²) in [6, 6.07) is 7.38. The summed E-state index contributed by atoms with van der Waals surface area (Å²) < 4.78 is 34.7. The van der Waals surface area contributed by atoms with Gasteiger partial charge in [0.25, 0.3) is 0 Å². The number of hydrogen-bond acceptors (Lipinski definition) is 10. The maximum atomic E-state index is 13.5. The second-order valence-corrected chi connectivity index (χ2v) is 7.87. The lowest BCUT2D eigenvalue weighted by Gasteiger charge is -2.34. The van der Waals surface area contributed by atoms with Gasteiger partial charge in [0.15, 0.2) is 5.82 Å². The smallest absolute Gasteiger partial charge is 0.412 e. The summed E-state index contributed by atoms with van der Waals surface area (Å²) in [6.07, 6.45) is -0.720. The van der Waals surface area contributed by atoms with Crippen LogP contribution in [0.15, 0.2) is 36.5 Å². The minimum absolute atomic E-state index is 0.0171. The molecule has 1 aliphatic heterocycles. The van der Waals surface area contributed by atoms with E-state index in [1.165, 1.54) is 25.3 Å². The zero-order chi connectivity index (χ0) is 25.0. The van der Waals surface area contributed by atoms with E-state index >= 15 is 0 Å². The lowest BCUT2D eigenvalue weighted by Crippen LogP contribution is -2.45. The number of imidazole rings is 1. The molecule has 1 aliphatic rings. The molecule has 1 aromatic carbocycles. The Labute approximate surface area is 198 Å². The van der Waals surface area contributed by atoms with Crippen LogP contribution in [-0.4, -0.2) is 63.5 Å². The molecule has 3 aromatic rings. The number of primary amides is 1. The maximum Gasteiger partial charge on any atom is 0.412 e. The number of amides is 1. The number of aliphatic hydroxyl groups is 1. The van der Waals surface area contributed by atoms with E-state index in [2.05, 4.69) is 24.7 Å². The van der Waals surface area contributed by atoms with Gasteiger partial charge in [-0.2, -0.15) is 4.98 Å². The number of nitrogens with two attached hydrogens (primary N) is 1. The van der Waals surface area contributed by atoms with Crippen molar-refractivity contribution in [1.82, 2.24) is 19.9 Å². The third kappa shape index (κ3) is 5.42. The van der Waals surface area contributed by atoms with Gasteiger partial charge < -0.3 is 34.8 Å². The van der Waals surface area contributed by atoms with Crippen LogP contribution in [0.1, 0.15) is 19.0 Å². The van der Waals surface area contributed by atoms with E-state index in [-0.39, 0.29) is 38.3 Å². The van der Waals surface area contributed by atoms with E-state index in [1.54, 1.807) is 18.2 Å². The van der Waals surface area contributed by atoms with Crippen molar-refractivity contribution in [3.05, 3.63) is 48.2 Å². The number of carbonyl (C=O) groups is 2. The van der Waals surface area contributed by atoms with Gasteiger partial charge in [-0.25, -0.2) is 19.2 Å². The molecule has 0 atom stereocenters. The van der Waals surface area contributed by atoms with Gasteiger partial charge in [-0.05, 0) is 37.3 Å². The summed E-state index contributed by atoms with van der Waals surface area (Å²) >= 11 is 0. The Balaban J connectivity index is 1.64. The van der Waals surface area contributed by atoms with Crippen molar-refractivity contribution in [3.8, 4) is 28.7 Å². The van der Waals surface area contributed by atoms with Gasteiger partial charge in [-0.1, -0.05) is 0 Å². The molecule has 1 saturated heterocycles. The molecule has 0 aliphatic carbocycles. The molecule has 13 heteroatoms. The third-order valence-corrected chi connectivity index (χ3v) is 5.07. The number of benzene rings is 1. The van der Waals surface area contributed by atoms with Gasteiger partial charge in [0.1, 0.15) is 17.8 Å². The first kappa shape index (κ1) is 24.2. The van der Waals surface area contributed by atoms with Crippen LogP contribution >= 0.6 is 0 Å². The number of aromatic amines is 1. The van der Waals surface area contributed by atoms with Crippen molar-refractivity contribution in [3.63, 3.8) is 0 Å². The molecule has 4 rings (SSSR count). The molecular formula is C22H22FN5O7. The number of carbonyl (C=O) groups excluding carboxylic acids is 2. The monoisotopic (exact) mass is 487 g/mol. The number of H-pyrrole nitrogens is 1. The summed E-state index contributed by atoms with van der Waals surface area (Å²) in [6.45, 7) is 1.07. The second-order valence-electron chi connectivity index (χ2n) is 7.87. The summed E-state index contributed by atoms with van der Waals surface area (Å²) in [7, 11) is 0. The highest BCUT2D eigenvalue weighted by Gasteiger charge is 2.43. The first-order valence-electron chi connectivity index (χ1n) is 10.5. The topological polar surface area (TPSA) is 172 Å². The highest BCUT2D eigenvalue weighted by molar-refractivity contribution is 5.87. The molecule has 184 valence electrons. The quantitative estimate of drug-likeness (QED) is 0.329. The van der Waals surface area contributed by atoms with Gasteiger partial charge in [0, 0.05) is 11.8 Å². The number of nitrogens with zero attached hydrogens (tertiary/aromatic N) is 3. The number of aromatic nitrogens is 4. The normalized spacial score (nSPS) is 19.8. The Morgan fingerprint density at radius 1 is 1.23 bits per heavy atom. The minimum Gasteiger partial charge on any atom is -0.461 e. The van der Waals surface area contributed by atoms with Gasteiger partial charge in [-0.15, -0.1) is 0 Å². The number of hydrogen-bond donors (Lipinski definition) is 3. The molecule has 3 heterocycles. The predicted octanol–water partition coefficient (Wildman–Crippen LogP) is 1.72. The van der Waals surface area contributed by atoms with Gasteiger partial charge in [-0.3, -0.25) is 4.79 Å². The van der Waals surface area contributed by atoms with Crippen LogP contribution in [0.3, 0.4) is 0 Å². The highest BCUT2D eigenvalue weighted by atomic mass is 19.1. The average Bonchev–Trinajstić information content (AvgIpc) is 3.29.